The molecule has 4 nitrogen and oxygen atoms in total. The zero-order valence-electron chi connectivity index (χ0n) is 13.6. The molecule has 0 aliphatic carbocycles. The van der Waals surface area contributed by atoms with Crippen molar-refractivity contribution in [1.82, 2.24) is 10.6 Å². The van der Waals surface area contributed by atoms with Crippen molar-refractivity contribution < 1.29 is 13.6 Å². The van der Waals surface area contributed by atoms with E-state index in [-0.39, 0.29) is 16.2 Å². The molecule has 0 spiro atoms. The number of carbonyl (C=O) groups excluding carboxylic acids is 1. The van der Waals surface area contributed by atoms with Gasteiger partial charge in [0.2, 0.25) is 0 Å². The Hall–Kier alpha value is -2.51. The summed E-state index contributed by atoms with van der Waals surface area (Å²) in [6.45, 7) is 1.62. The summed E-state index contributed by atoms with van der Waals surface area (Å²) < 4.78 is 28.6. The van der Waals surface area contributed by atoms with E-state index in [1.807, 2.05) is 0 Å². The summed E-state index contributed by atoms with van der Waals surface area (Å²) in [4.78, 5) is 12.8. The van der Waals surface area contributed by atoms with Crippen LogP contribution in [0.5, 0.6) is 0 Å². The third-order valence-electron chi connectivity index (χ3n) is 3.88. The number of amides is 1. The third kappa shape index (κ3) is 3.68. The highest BCUT2D eigenvalue weighted by Gasteiger charge is 2.33. The Morgan fingerprint density at radius 3 is 2.50 bits per heavy atom. The van der Waals surface area contributed by atoms with Crippen LogP contribution >= 0.6 is 23.8 Å². The van der Waals surface area contributed by atoms with Crippen molar-refractivity contribution in [1.29, 1.82) is 0 Å². The number of nitrogens with one attached hydrogen (secondary N) is 3. The molecule has 0 saturated heterocycles. The van der Waals surface area contributed by atoms with Crippen molar-refractivity contribution in [3.05, 3.63) is 76.0 Å². The molecule has 1 aliphatic rings. The van der Waals surface area contributed by atoms with E-state index in [0.717, 1.165) is 12.1 Å². The maximum atomic E-state index is 14.3. The molecule has 1 heterocycles. The molecule has 0 unspecified atom stereocenters. The first-order chi connectivity index (χ1) is 12.4. The predicted molar refractivity (Wildman–Crippen MR) is 101 cm³/mol. The van der Waals surface area contributed by atoms with Gasteiger partial charge in [0.15, 0.2) is 5.11 Å². The van der Waals surface area contributed by atoms with Crippen LogP contribution in [0.25, 0.3) is 0 Å². The van der Waals surface area contributed by atoms with Crippen molar-refractivity contribution >= 4 is 40.5 Å². The van der Waals surface area contributed by atoms with Gasteiger partial charge in [-0.25, -0.2) is 8.78 Å². The van der Waals surface area contributed by atoms with Crippen LogP contribution in [0.1, 0.15) is 18.5 Å². The van der Waals surface area contributed by atoms with Gasteiger partial charge in [-0.2, -0.15) is 0 Å². The second kappa shape index (κ2) is 7.39. The molecule has 2 aromatic rings. The van der Waals surface area contributed by atoms with Gasteiger partial charge in [-0.1, -0.05) is 23.7 Å². The molecule has 8 heteroatoms. The lowest BCUT2D eigenvalue weighted by molar-refractivity contribution is -0.113. The number of carbonyl (C=O) groups is 1. The van der Waals surface area contributed by atoms with Crippen LogP contribution < -0.4 is 16.0 Å². The van der Waals surface area contributed by atoms with Crippen LogP contribution in [0.3, 0.4) is 0 Å². The highest BCUT2D eigenvalue weighted by molar-refractivity contribution is 7.80. The van der Waals surface area contributed by atoms with Gasteiger partial charge in [-0.3, -0.25) is 4.79 Å². The summed E-state index contributed by atoms with van der Waals surface area (Å²) in [5.74, 6) is -2.07. The van der Waals surface area contributed by atoms with E-state index >= 15 is 0 Å². The molecule has 0 saturated carbocycles. The van der Waals surface area contributed by atoms with Gasteiger partial charge in [-0.15, -0.1) is 0 Å². The summed E-state index contributed by atoms with van der Waals surface area (Å²) in [5.41, 5.74) is 0.721. The number of thiocarbonyl (C=S) groups is 1. The minimum absolute atomic E-state index is 0.127. The van der Waals surface area contributed by atoms with E-state index in [1.165, 1.54) is 6.07 Å². The molecule has 0 aromatic heterocycles. The zero-order valence-corrected chi connectivity index (χ0v) is 15.1. The monoisotopic (exact) mass is 393 g/mol. The average molecular weight is 394 g/mol. The largest absolute Gasteiger partial charge is 0.351 e. The van der Waals surface area contributed by atoms with Gasteiger partial charge in [0.25, 0.3) is 5.91 Å². The molecule has 0 fully saturated rings. The van der Waals surface area contributed by atoms with Gasteiger partial charge < -0.3 is 16.0 Å². The predicted octanol–water partition coefficient (Wildman–Crippen LogP) is 4.05. The summed E-state index contributed by atoms with van der Waals surface area (Å²) in [7, 11) is 0. The van der Waals surface area contributed by atoms with Crippen LogP contribution in [0.4, 0.5) is 14.5 Å². The van der Waals surface area contributed by atoms with Crippen molar-refractivity contribution in [2.75, 3.05) is 5.32 Å². The number of halogens is 3. The topological polar surface area (TPSA) is 53.2 Å². The SMILES string of the molecule is CC1=C(C(=O)Nc2cccc(Cl)c2)[C@H](c2c(F)cccc2F)NC(=S)N1. The molecule has 26 heavy (non-hydrogen) atoms. The molecule has 3 N–H and O–H groups in total. The van der Waals surface area contributed by atoms with Crippen molar-refractivity contribution in [3.63, 3.8) is 0 Å². The molecular formula is C18H14ClF2N3OS. The molecule has 2 aromatic carbocycles. The Labute approximate surface area is 159 Å². The standard InChI is InChI=1S/C18H14ClF2N3OS/c1-9-14(17(25)23-11-5-2-4-10(19)8-11)16(24-18(26)22-9)15-12(20)6-3-7-13(15)21/h2-8,16H,1H3,(H,23,25)(H2,22,24,26)/t16-/m1/s1. The Bertz CT molecular complexity index is 912. The molecule has 1 atom stereocenters. The van der Waals surface area contributed by atoms with Crippen LogP contribution in [-0.2, 0) is 4.79 Å². The van der Waals surface area contributed by atoms with E-state index < -0.39 is 23.6 Å². The number of rotatable bonds is 3. The van der Waals surface area contributed by atoms with E-state index in [1.54, 1.807) is 31.2 Å². The summed E-state index contributed by atoms with van der Waals surface area (Å²) >= 11 is 11.0. The second-order valence-corrected chi connectivity index (χ2v) is 6.51. The van der Waals surface area contributed by atoms with Gasteiger partial charge in [0.05, 0.1) is 17.2 Å². The quantitative estimate of drug-likeness (QED) is 0.689. The van der Waals surface area contributed by atoms with Crippen molar-refractivity contribution in [2.45, 2.75) is 13.0 Å². The number of hydrogen-bond donors (Lipinski definition) is 3. The first kappa shape index (κ1) is 18.3. The Balaban J connectivity index is 2.02. The number of benzene rings is 2. The molecule has 3 rings (SSSR count). The maximum Gasteiger partial charge on any atom is 0.255 e. The number of hydrogen-bond acceptors (Lipinski definition) is 2. The van der Waals surface area contributed by atoms with Gasteiger partial charge >= 0.3 is 0 Å². The van der Waals surface area contributed by atoms with E-state index in [2.05, 4.69) is 16.0 Å². The normalized spacial score (nSPS) is 16.8. The number of anilines is 1. The minimum Gasteiger partial charge on any atom is -0.351 e. The van der Waals surface area contributed by atoms with Crippen LogP contribution in [0.15, 0.2) is 53.7 Å². The van der Waals surface area contributed by atoms with Crippen LogP contribution in [0.2, 0.25) is 5.02 Å². The fraction of sp³-hybridized carbons (Fsp3) is 0.111. The lowest BCUT2D eigenvalue weighted by atomic mass is 9.94. The number of allylic oxidation sites excluding steroid dienone is 1. The minimum atomic E-state index is -1.07. The maximum absolute atomic E-state index is 14.3. The lowest BCUT2D eigenvalue weighted by Gasteiger charge is -2.30. The van der Waals surface area contributed by atoms with E-state index in [9.17, 15) is 13.6 Å². The molecular weight excluding hydrogens is 380 g/mol. The summed E-state index contributed by atoms with van der Waals surface area (Å²) in [6.07, 6.45) is 0. The highest BCUT2D eigenvalue weighted by Crippen LogP contribution is 2.31. The molecule has 134 valence electrons. The molecule has 1 aliphatic heterocycles. The van der Waals surface area contributed by atoms with Crippen LogP contribution in [0, 0.1) is 11.6 Å². The fourth-order valence-electron chi connectivity index (χ4n) is 2.76. The van der Waals surface area contributed by atoms with Gasteiger partial charge in [-0.05, 0) is 49.5 Å². The van der Waals surface area contributed by atoms with Crippen molar-refractivity contribution in [3.8, 4) is 0 Å². The van der Waals surface area contributed by atoms with E-state index in [4.69, 9.17) is 23.8 Å². The molecule has 0 radical (unpaired) electrons. The second-order valence-electron chi connectivity index (χ2n) is 5.67. The lowest BCUT2D eigenvalue weighted by Crippen LogP contribution is -2.46. The highest BCUT2D eigenvalue weighted by atomic mass is 35.5. The van der Waals surface area contributed by atoms with Crippen molar-refractivity contribution in [2.24, 2.45) is 0 Å². The zero-order chi connectivity index (χ0) is 18.8. The first-order valence-electron chi connectivity index (χ1n) is 7.66. The third-order valence-corrected chi connectivity index (χ3v) is 4.34. The van der Waals surface area contributed by atoms with Gasteiger partial charge in [0, 0.05) is 16.4 Å². The fourth-order valence-corrected chi connectivity index (χ4v) is 3.22. The Kier molecular flexibility index (Phi) is 5.20. The van der Waals surface area contributed by atoms with E-state index in [0.29, 0.717) is 16.4 Å². The average Bonchev–Trinajstić information content (AvgIpc) is 2.54. The van der Waals surface area contributed by atoms with Crippen LogP contribution in [-0.4, -0.2) is 11.0 Å². The summed E-state index contributed by atoms with van der Waals surface area (Å²) in [5, 5.41) is 8.90. The smallest absolute Gasteiger partial charge is 0.255 e. The summed E-state index contributed by atoms with van der Waals surface area (Å²) in [6, 6.07) is 9.04. The Morgan fingerprint density at radius 1 is 1.19 bits per heavy atom. The van der Waals surface area contributed by atoms with Gasteiger partial charge in [0.1, 0.15) is 11.6 Å². The Morgan fingerprint density at radius 2 is 1.85 bits per heavy atom. The molecule has 1 amide bonds. The first-order valence-corrected chi connectivity index (χ1v) is 8.44. The molecule has 0 bridgehead atoms.